The first-order valence-electron chi connectivity index (χ1n) is 21.9. The Labute approximate surface area is 416 Å². The van der Waals surface area contributed by atoms with Crippen molar-refractivity contribution >= 4 is 36.0 Å². The highest BCUT2D eigenvalue weighted by Crippen LogP contribution is 2.36. The normalized spacial score (nSPS) is 11.5. The van der Waals surface area contributed by atoms with Gasteiger partial charge in [0.2, 0.25) is 26.0 Å². The number of sulfonamides is 3. The van der Waals surface area contributed by atoms with Gasteiger partial charge in [-0.3, -0.25) is 4.79 Å². The molecule has 9 aromatic rings. The molecule has 0 radical (unpaired) electrons. The average Bonchev–Trinajstić information content (AvgIpc) is 4.11. The number of hydrogen-bond donors (Lipinski definition) is 3. The molecule has 0 aliphatic heterocycles. The van der Waals surface area contributed by atoms with E-state index in [4.69, 9.17) is 19.3 Å². The van der Waals surface area contributed by atoms with Crippen LogP contribution >= 0.6 is 0 Å². The van der Waals surface area contributed by atoms with Crippen molar-refractivity contribution < 1.29 is 43.5 Å². The van der Waals surface area contributed by atoms with Gasteiger partial charge in [0.1, 0.15) is 29.6 Å². The van der Waals surface area contributed by atoms with E-state index in [2.05, 4.69) is 15.4 Å². The summed E-state index contributed by atoms with van der Waals surface area (Å²) in [5.41, 5.74) is 10.2. The van der Waals surface area contributed by atoms with Gasteiger partial charge < -0.3 is 9.05 Å². The van der Waals surface area contributed by atoms with E-state index in [0.717, 1.165) is 55.9 Å². The summed E-state index contributed by atoms with van der Waals surface area (Å²) >= 11 is 0. The van der Waals surface area contributed by atoms with Crippen LogP contribution in [0.4, 0.5) is 4.39 Å². The maximum absolute atomic E-state index is 13.1. The summed E-state index contributed by atoms with van der Waals surface area (Å²) in [7, 11) is -11.3. The third-order valence-electron chi connectivity index (χ3n) is 11.0. The van der Waals surface area contributed by atoms with Crippen molar-refractivity contribution in [2.75, 3.05) is 0 Å². The zero-order valence-electron chi connectivity index (χ0n) is 39.2. The van der Waals surface area contributed by atoms with Gasteiger partial charge in [-0.15, -0.1) is 0 Å². The number of carbonyl (C=O) groups is 1. The Hall–Kier alpha value is -7.88. The number of benzene rings is 6. The minimum atomic E-state index is -3.87. The molecule has 0 aliphatic rings. The third-order valence-corrected chi connectivity index (χ3v) is 14.2. The molecule has 72 heavy (non-hydrogen) atoms. The van der Waals surface area contributed by atoms with Crippen LogP contribution in [0.15, 0.2) is 188 Å². The van der Waals surface area contributed by atoms with E-state index in [1.54, 1.807) is 61.0 Å². The lowest BCUT2D eigenvalue weighted by molar-refractivity contribution is -0.119. The van der Waals surface area contributed by atoms with Crippen molar-refractivity contribution in [3.05, 3.63) is 187 Å². The molecular weight excluding hydrogens is 982 g/mol. The highest BCUT2D eigenvalue weighted by Gasteiger charge is 2.21. The van der Waals surface area contributed by atoms with Crippen LogP contribution in [0.3, 0.4) is 0 Å². The van der Waals surface area contributed by atoms with Gasteiger partial charge in [-0.25, -0.2) is 49.3 Å². The largest absolute Gasteiger partial charge is 0.360 e. The zero-order chi connectivity index (χ0) is 51.8. The summed E-state index contributed by atoms with van der Waals surface area (Å²) in [6, 6.07) is 47.4. The second-order valence-electron chi connectivity index (χ2n) is 16.1. The average molecular weight is 1030 g/mol. The molecule has 0 aliphatic carbocycles. The molecule has 0 bridgehead atoms. The Kier molecular flexibility index (Phi) is 15.9. The summed E-state index contributed by atoms with van der Waals surface area (Å²) in [4.78, 5) is 11.5. The Balaban J connectivity index is 0.000000159. The number of halogens is 1. The van der Waals surface area contributed by atoms with Gasteiger partial charge in [0.25, 0.3) is 10.0 Å². The molecule has 20 heteroatoms. The van der Waals surface area contributed by atoms with Gasteiger partial charge in [-0.1, -0.05) is 132 Å². The van der Waals surface area contributed by atoms with Crippen molar-refractivity contribution in [3.8, 4) is 61.7 Å². The molecule has 0 fully saturated rings. The molecule has 3 aromatic heterocycles. The molecule has 5 N–H and O–H groups in total. The van der Waals surface area contributed by atoms with E-state index >= 15 is 0 Å². The summed E-state index contributed by atoms with van der Waals surface area (Å²) in [5, 5.41) is 22.7. The topological polar surface area (TPSA) is 253 Å². The molecule has 0 saturated carbocycles. The van der Waals surface area contributed by atoms with E-state index in [0.29, 0.717) is 28.6 Å². The SMILES string of the molecule is CCC(=O)NS(=O)(=O)c1ccc(-c2c(-c3ccccc3)noc2C)cc1.Cc1ccc(-c2cc(CF)nn2-c2ccc(S(N)(=O)=O)cc2)cc1.Cc1onc(-c2ccccc2)c1-c1ccc(S(N)(=O)=O)cc1. The number of nitrogens with two attached hydrogens (primary N) is 2. The van der Waals surface area contributed by atoms with Crippen LogP contribution < -0.4 is 15.0 Å². The smallest absolute Gasteiger partial charge is 0.264 e. The van der Waals surface area contributed by atoms with Crippen LogP contribution in [0, 0.1) is 20.8 Å². The van der Waals surface area contributed by atoms with Crippen LogP contribution in [0.5, 0.6) is 0 Å². The van der Waals surface area contributed by atoms with E-state index in [9.17, 15) is 34.4 Å². The number of hydrogen-bond acceptors (Lipinski definition) is 12. The number of nitrogens with one attached hydrogen (secondary N) is 1. The predicted octanol–water partition coefficient (Wildman–Crippen LogP) is 9.46. The van der Waals surface area contributed by atoms with Gasteiger partial charge in [0.05, 0.1) is 42.9 Å². The molecule has 16 nitrogen and oxygen atoms in total. The quantitative estimate of drug-likeness (QED) is 0.103. The first-order valence-corrected chi connectivity index (χ1v) is 26.5. The fraction of sp³-hybridized carbons (Fsp3) is 0.115. The van der Waals surface area contributed by atoms with Crippen molar-refractivity contribution in [2.45, 2.75) is 55.5 Å². The summed E-state index contributed by atoms with van der Waals surface area (Å²) in [6.07, 6.45) is 0.0949. The van der Waals surface area contributed by atoms with Crippen molar-refractivity contribution in [1.29, 1.82) is 0 Å². The van der Waals surface area contributed by atoms with Crippen molar-refractivity contribution in [1.82, 2.24) is 24.8 Å². The first-order chi connectivity index (χ1) is 34.3. The minimum absolute atomic E-state index is 0.0148. The molecule has 0 spiro atoms. The monoisotopic (exact) mass is 1030 g/mol. The molecule has 0 unspecified atom stereocenters. The van der Waals surface area contributed by atoms with Crippen LogP contribution in [-0.4, -0.2) is 51.3 Å². The Morgan fingerprint density at radius 2 is 0.986 bits per heavy atom. The zero-order valence-corrected chi connectivity index (χ0v) is 41.7. The van der Waals surface area contributed by atoms with Crippen molar-refractivity contribution in [2.24, 2.45) is 10.3 Å². The number of rotatable bonds is 12. The lowest BCUT2D eigenvalue weighted by Crippen LogP contribution is -2.29. The highest BCUT2D eigenvalue weighted by molar-refractivity contribution is 7.90. The maximum Gasteiger partial charge on any atom is 0.264 e. The van der Waals surface area contributed by atoms with Gasteiger partial charge >= 0.3 is 0 Å². The van der Waals surface area contributed by atoms with Gasteiger partial charge in [-0.2, -0.15) is 5.10 Å². The Morgan fingerprint density at radius 1 is 0.569 bits per heavy atom. The standard InChI is InChI=1S/C19H18N2O4S.C17H16FN3O2S.C16H14N2O3S/c1-3-17(22)21-26(23,24)16-11-9-14(10-12-16)18-13(2)25-20-19(18)15-7-5-4-6-8-15;1-12-2-4-13(5-3-12)17-10-14(11-18)20-21(17)15-6-8-16(9-7-15)24(19,22)23;1-11-15(12-7-9-14(10-8-12)22(17,19)20)16(18-21-11)13-5-3-2-4-6-13/h4-12H,3H2,1-2H3,(H,21,22);2-10H,11H2,1H3,(H2,19,22,23);2-10H,1H3,(H2,17,19,20). The fourth-order valence-electron chi connectivity index (χ4n) is 7.30. The molecule has 3 heterocycles. The summed E-state index contributed by atoms with van der Waals surface area (Å²) in [6.45, 7) is 6.53. The number of carbonyl (C=O) groups excluding carboxylic acids is 1. The van der Waals surface area contributed by atoms with Crippen LogP contribution in [0.25, 0.3) is 61.7 Å². The van der Waals surface area contributed by atoms with E-state index < -0.39 is 42.7 Å². The highest BCUT2D eigenvalue weighted by atomic mass is 32.2. The summed E-state index contributed by atoms with van der Waals surface area (Å²) < 4.78 is 97.1. The number of amides is 1. The molecule has 0 atom stereocenters. The number of primary sulfonamides is 2. The Bertz CT molecular complexity index is 3660. The van der Waals surface area contributed by atoms with Gasteiger partial charge in [-0.05, 0) is 86.5 Å². The molecule has 9 rings (SSSR count). The molecular formula is C52H48FN7O9S3. The van der Waals surface area contributed by atoms with E-state index in [1.165, 1.54) is 36.4 Å². The number of aryl methyl sites for hydroxylation is 3. The lowest BCUT2D eigenvalue weighted by Gasteiger charge is -2.08. The second kappa shape index (κ2) is 22.0. The number of nitrogens with zero attached hydrogens (tertiary/aromatic N) is 4. The van der Waals surface area contributed by atoms with E-state index in [1.807, 2.05) is 103 Å². The Morgan fingerprint density at radius 3 is 1.40 bits per heavy atom. The predicted molar refractivity (Wildman–Crippen MR) is 271 cm³/mol. The molecule has 370 valence electrons. The van der Waals surface area contributed by atoms with Crippen LogP contribution in [-0.2, 0) is 41.5 Å². The summed E-state index contributed by atoms with van der Waals surface area (Å²) in [5.74, 6) is 0.760. The number of alkyl halides is 1. The molecule has 1 amide bonds. The number of aromatic nitrogens is 4. The fourth-order valence-corrected chi connectivity index (χ4v) is 9.39. The van der Waals surface area contributed by atoms with Crippen LogP contribution in [0.1, 0.15) is 36.1 Å². The van der Waals surface area contributed by atoms with E-state index in [-0.39, 0.29) is 21.1 Å². The van der Waals surface area contributed by atoms with Gasteiger partial charge in [0, 0.05) is 23.1 Å². The minimum Gasteiger partial charge on any atom is -0.360 e. The molecule has 6 aromatic carbocycles. The first kappa shape index (κ1) is 52.0. The lowest BCUT2D eigenvalue weighted by atomic mass is 10.00. The maximum atomic E-state index is 13.1. The molecule has 0 saturated heterocycles. The third kappa shape index (κ3) is 12.3. The van der Waals surface area contributed by atoms with Crippen LogP contribution in [0.2, 0.25) is 0 Å². The second-order valence-corrected chi connectivity index (χ2v) is 20.9. The van der Waals surface area contributed by atoms with Crippen molar-refractivity contribution in [3.63, 3.8) is 0 Å². The van der Waals surface area contributed by atoms with Gasteiger partial charge in [0.15, 0.2) is 0 Å².